The third-order valence-electron chi connectivity index (χ3n) is 2.63. The van der Waals surface area contributed by atoms with Crippen LogP contribution < -0.4 is 11.1 Å². The van der Waals surface area contributed by atoms with Crippen LogP contribution >= 0.6 is 12.2 Å². The molecule has 1 aromatic carbocycles. The minimum absolute atomic E-state index is 0.138. The zero-order valence-corrected chi connectivity index (χ0v) is 11.1. The lowest BCUT2D eigenvalue weighted by Crippen LogP contribution is -2.17. The first-order valence-corrected chi connectivity index (χ1v) is 6.11. The molecule has 0 bridgehead atoms. The SMILES string of the molecule is CC(Nc1nccnc1C(N)=S)c1cccc(F)c1. The second-order valence-corrected chi connectivity index (χ2v) is 4.48. The molecule has 19 heavy (non-hydrogen) atoms. The summed E-state index contributed by atoms with van der Waals surface area (Å²) in [6, 6.07) is 6.22. The standard InChI is InChI=1S/C13H13FN4S/c1-8(9-3-2-4-10(14)7-9)18-13-11(12(15)19)16-5-6-17-13/h2-8H,1H3,(H2,15,19)(H,17,18). The number of nitrogens with zero attached hydrogens (tertiary/aromatic N) is 2. The molecule has 0 aliphatic carbocycles. The van der Waals surface area contributed by atoms with E-state index in [1.807, 2.05) is 13.0 Å². The van der Waals surface area contributed by atoms with Gasteiger partial charge in [-0.1, -0.05) is 24.4 Å². The lowest BCUT2D eigenvalue weighted by atomic mass is 10.1. The smallest absolute Gasteiger partial charge is 0.155 e. The van der Waals surface area contributed by atoms with Crippen LogP contribution in [0.15, 0.2) is 36.7 Å². The van der Waals surface area contributed by atoms with Crippen molar-refractivity contribution in [1.82, 2.24) is 9.97 Å². The first-order chi connectivity index (χ1) is 9.08. The number of nitrogens with one attached hydrogen (secondary N) is 1. The van der Waals surface area contributed by atoms with E-state index in [4.69, 9.17) is 18.0 Å². The highest BCUT2D eigenvalue weighted by Crippen LogP contribution is 2.20. The fourth-order valence-electron chi connectivity index (χ4n) is 1.69. The molecule has 2 rings (SSSR count). The maximum absolute atomic E-state index is 13.2. The van der Waals surface area contributed by atoms with Crippen molar-refractivity contribution in [3.8, 4) is 0 Å². The number of aromatic nitrogens is 2. The quantitative estimate of drug-likeness (QED) is 0.840. The van der Waals surface area contributed by atoms with Crippen LogP contribution in [0.3, 0.4) is 0 Å². The summed E-state index contributed by atoms with van der Waals surface area (Å²) in [4.78, 5) is 8.40. The maximum Gasteiger partial charge on any atom is 0.155 e. The summed E-state index contributed by atoms with van der Waals surface area (Å²) in [5.41, 5.74) is 6.82. The van der Waals surface area contributed by atoms with E-state index >= 15 is 0 Å². The summed E-state index contributed by atoms with van der Waals surface area (Å²) < 4.78 is 13.2. The number of hydrogen-bond donors (Lipinski definition) is 2. The predicted octanol–water partition coefficient (Wildman–Crippen LogP) is 2.42. The van der Waals surface area contributed by atoms with Gasteiger partial charge in [0.05, 0.1) is 6.04 Å². The number of thiocarbonyl (C=S) groups is 1. The Bertz CT molecular complexity index is 603. The molecule has 1 atom stereocenters. The molecule has 0 radical (unpaired) electrons. The number of halogens is 1. The van der Waals surface area contributed by atoms with Crippen LogP contribution in [-0.4, -0.2) is 15.0 Å². The Balaban J connectivity index is 2.24. The van der Waals surface area contributed by atoms with Crippen molar-refractivity contribution in [3.63, 3.8) is 0 Å². The lowest BCUT2D eigenvalue weighted by Gasteiger charge is -2.16. The van der Waals surface area contributed by atoms with Crippen LogP contribution in [0.5, 0.6) is 0 Å². The first kappa shape index (κ1) is 13.4. The molecule has 1 aromatic heterocycles. The monoisotopic (exact) mass is 276 g/mol. The van der Waals surface area contributed by atoms with Gasteiger partial charge >= 0.3 is 0 Å². The average Bonchev–Trinajstić information content (AvgIpc) is 2.39. The summed E-state index contributed by atoms with van der Waals surface area (Å²) in [6.07, 6.45) is 3.06. The molecule has 1 unspecified atom stereocenters. The fraction of sp³-hybridized carbons (Fsp3) is 0.154. The molecule has 0 amide bonds. The number of benzene rings is 1. The zero-order valence-electron chi connectivity index (χ0n) is 10.3. The van der Waals surface area contributed by atoms with Gasteiger partial charge in [0.2, 0.25) is 0 Å². The largest absolute Gasteiger partial charge is 0.388 e. The van der Waals surface area contributed by atoms with Gasteiger partial charge in [-0.2, -0.15) is 0 Å². The highest BCUT2D eigenvalue weighted by molar-refractivity contribution is 7.80. The lowest BCUT2D eigenvalue weighted by molar-refractivity contribution is 0.623. The van der Waals surface area contributed by atoms with Crippen LogP contribution in [0.1, 0.15) is 24.2 Å². The first-order valence-electron chi connectivity index (χ1n) is 5.70. The van der Waals surface area contributed by atoms with Gasteiger partial charge in [-0.25, -0.2) is 14.4 Å². The van der Waals surface area contributed by atoms with Crippen LogP contribution in [0, 0.1) is 5.82 Å². The Morgan fingerprint density at radius 2 is 2.11 bits per heavy atom. The number of rotatable bonds is 4. The van der Waals surface area contributed by atoms with Crippen molar-refractivity contribution < 1.29 is 4.39 Å². The van der Waals surface area contributed by atoms with E-state index in [9.17, 15) is 4.39 Å². The Hall–Kier alpha value is -2.08. The van der Waals surface area contributed by atoms with Gasteiger partial charge in [-0.3, -0.25) is 0 Å². The van der Waals surface area contributed by atoms with Gasteiger partial charge in [0.25, 0.3) is 0 Å². The summed E-state index contributed by atoms with van der Waals surface area (Å²) in [7, 11) is 0. The van der Waals surface area contributed by atoms with Crippen molar-refractivity contribution in [2.24, 2.45) is 5.73 Å². The molecule has 0 aliphatic rings. The van der Waals surface area contributed by atoms with E-state index in [1.54, 1.807) is 12.3 Å². The Morgan fingerprint density at radius 3 is 2.79 bits per heavy atom. The van der Waals surface area contributed by atoms with E-state index in [0.717, 1.165) is 5.56 Å². The summed E-state index contributed by atoms with van der Waals surface area (Å²) in [6.45, 7) is 1.90. The van der Waals surface area contributed by atoms with Gasteiger partial charge in [-0.05, 0) is 24.6 Å². The summed E-state index contributed by atoms with van der Waals surface area (Å²) in [5.74, 6) is 0.214. The third kappa shape index (κ3) is 3.23. The average molecular weight is 276 g/mol. The number of nitrogens with two attached hydrogens (primary N) is 1. The zero-order chi connectivity index (χ0) is 13.8. The second kappa shape index (κ2) is 5.71. The molecule has 4 nitrogen and oxygen atoms in total. The van der Waals surface area contributed by atoms with Crippen molar-refractivity contribution >= 4 is 23.0 Å². The van der Waals surface area contributed by atoms with E-state index in [-0.39, 0.29) is 16.8 Å². The van der Waals surface area contributed by atoms with E-state index in [2.05, 4.69) is 15.3 Å². The molecular formula is C13H13FN4S. The number of hydrogen-bond acceptors (Lipinski definition) is 4. The summed E-state index contributed by atoms with van der Waals surface area (Å²) >= 11 is 4.92. The molecule has 2 aromatic rings. The maximum atomic E-state index is 13.2. The van der Waals surface area contributed by atoms with Gasteiger partial charge in [-0.15, -0.1) is 0 Å². The van der Waals surface area contributed by atoms with Gasteiger partial charge in [0, 0.05) is 12.4 Å². The molecule has 3 N–H and O–H groups in total. The summed E-state index contributed by atoms with van der Waals surface area (Å²) in [5, 5.41) is 3.13. The minimum atomic E-state index is -0.278. The van der Waals surface area contributed by atoms with Crippen molar-refractivity contribution in [3.05, 3.63) is 53.7 Å². The van der Waals surface area contributed by atoms with Gasteiger partial charge in [0.1, 0.15) is 16.5 Å². The second-order valence-electron chi connectivity index (χ2n) is 4.04. The fourth-order valence-corrected chi connectivity index (χ4v) is 1.84. The third-order valence-corrected chi connectivity index (χ3v) is 2.83. The molecule has 98 valence electrons. The van der Waals surface area contributed by atoms with Crippen LogP contribution in [0.25, 0.3) is 0 Å². The topological polar surface area (TPSA) is 63.8 Å². The Kier molecular flexibility index (Phi) is 4.01. The van der Waals surface area contributed by atoms with Crippen molar-refractivity contribution in [2.75, 3.05) is 5.32 Å². The van der Waals surface area contributed by atoms with E-state index in [1.165, 1.54) is 18.3 Å². The highest BCUT2D eigenvalue weighted by Gasteiger charge is 2.12. The molecular weight excluding hydrogens is 263 g/mol. The highest BCUT2D eigenvalue weighted by atomic mass is 32.1. The molecule has 0 fully saturated rings. The van der Waals surface area contributed by atoms with Gasteiger partial charge < -0.3 is 11.1 Å². The van der Waals surface area contributed by atoms with Crippen LogP contribution in [0.4, 0.5) is 10.2 Å². The van der Waals surface area contributed by atoms with Gasteiger partial charge in [0.15, 0.2) is 5.82 Å². The Labute approximate surface area is 115 Å². The van der Waals surface area contributed by atoms with Crippen molar-refractivity contribution in [1.29, 1.82) is 0 Å². The number of anilines is 1. The molecule has 0 saturated carbocycles. The Morgan fingerprint density at radius 1 is 1.37 bits per heavy atom. The molecule has 6 heteroatoms. The molecule has 1 heterocycles. The molecule has 0 saturated heterocycles. The molecule has 0 aliphatic heterocycles. The van der Waals surface area contributed by atoms with Crippen molar-refractivity contribution in [2.45, 2.75) is 13.0 Å². The van der Waals surface area contributed by atoms with E-state index in [0.29, 0.717) is 11.5 Å². The normalized spacial score (nSPS) is 11.9. The van der Waals surface area contributed by atoms with Crippen LogP contribution in [-0.2, 0) is 0 Å². The van der Waals surface area contributed by atoms with Crippen LogP contribution in [0.2, 0.25) is 0 Å². The van der Waals surface area contributed by atoms with E-state index < -0.39 is 0 Å². The minimum Gasteiger partial charge on any atom is -0.388 e. The molecule has 0 spiro atoms. The predicted molar refractivity (Wildman–Crippen MR) is 76.4 cm³/mol.